The van der Waals surface area contributed by atoms with E-state index in [0.29, 0.717) is 13.0 Å². The van der Waals surface area contributed by atoms with Gasteiger partial charge in [0, 0.05) is 13.0 Å². The number of carbonyl (C=O) groups is 1. The van der Waals surface area contributed by atoms with E-state index in [1.807, 2.05) is 0 Å². The maximum atomic E-state index is 12.8. The first-order valence-electron chi connectivity index (χ1n) is 24.8. The molecule has 0 amide bonds. The minimum Gasteiger partial charge on any atom is -0.457 e. The molecule has 13 heteroatoms. The van der Waals surface area contributed by atoms with Gasteiger partial charge in [0.15, 0.2) is 0 Å². The minimum absolute atomic E-state index is 0.0902. The Morgan fingerprint density at radius 1 is 0.516 bits per heavy atom. The molecule has 0 bridgehead atoms. The molecule has 1 rings (SSSR count). The minimum atomic E-state index is -5.03. The fraction of sp³-hybridized carbons (Fsp3) is 0.745. The lowest BCUT2D eigenvalue weighted by Gasteiger charge is -2.41. The number of aliphatic hydroxyl groups excluding tert-OH is 5. The molecular weight excluding hydrogens is 836 g/mol. The summed E-state index contributed by atoms with van der Waals surface area (Å²) in [4.78, 5) is 23.2. The Bertz CT molecular complexity index is 1330. The van der Waals surface area contributed by atoms with Gasteiger partial charge in [-0.25, -0.2) is 4.57 Å². The number of aliphatic hydroxyl groups is 5. The molecule has 6 atom stereocenters. The normalized spacial score (nSPS) is 22.3. The van der Waals surface area contributed by atoms with Crippen molar-refractivity contribution in [2.75, 3.05) is 19.8 Å². The molecule has 0 spiro atoms. The summed E-state index contributed by atoms with van der Waals surface area (Å²) in [5.74, 6) is -0.496. The lowest BCUT2D eigenvalue weighted by Crippen LogP contribution is -2.64. The highest BCUT2D eigenvalue weighted by atomic mass is 31.2. The second-order valence-corrected chi connectivity index (χ2v) is 18.3. The summed E-state index contributed by atoms with van der Waals surface area (Å²) in [6, 6.07) is 0. The highest BCUT2D eigenvalue weighted by Gasteiger charge is 2.51. The predicted molar refractivity (Wildman–Crippen MR) is 258 cm³/mol. The summed E-state index contributed by atoms with van der Waals surface area (Å²) < 4.78 is 34.2. The van der Waals surface area contributed by atoms with Crippen molar-refractivity contribution < 1.29 is 58.3 Å². The molecule has 64 heavy (non-hydrogen) atoms. The summed E-state index contributed by atoms with van der Waals surface area (Å²) in [7, 11) is -5.03. The molecule has 1 saturated carbocycles. The Hall–Kier alpha value is -2.22. The van der Waals surface area contributed by atoms with E-state index in [4.69, 9.17) is 18.5 Å². The van der Waals surface area contributed by atoms with Crippen LogP contribution in [-0.2, 0) is 27.9 Å². The van der Waals surface area contributed by atoms with Crippen LogP contribution in [0.15, 0.2) is 72.9 Å². The van der Waals surface area contributed by atoms with Crippen molar-refractivity contribution in [1.29, 1.82) is 0 Å². The first kappa shape index (κ1) is 59.8. The number of esters is 1. The van der Waals surface area contributed by atoms with Crippen molar-refractivity contribution in [3.63, 3.8) is 0 Å². The van der Waals surface area contributed by atoms with Gasteiger partial charge in [-0.05, 0) is 83.5 Å². The zero-order valence-corrected chi connectivity index (χ0v) is 40.5. The van der Waals surface area contributed by atoms with Crippen molar-refractivity contribution in [3.8, 4) is 0 Å². The quantitative estimate of drug-likeness (QED) is 0.0147. The summed E-state index contributed by atoms with van der Waals surface area (Å²) in [6.45, 7) is 4.09. The second-order valence-electron chi connectivity index (χ2n) is 16.9. The van der Waals surface area contributed by atoms with Crippen LogP contribution in [0.1, 0.15) is 181 Å². The average Bonchev–Trinajstić information content (AvgIpc) is 3.28. The van der Waals surface area contributed by atoms with Gasteiger partial charge in [-0.15, -0.1) is 0 Å². The van der Waals surface area contributed by atoms with Crippen molar-refractivity contribution in [1.82, 2.24) is 0 Å². The van der Waals surface area contributed by atoms with E-state index in [-0.39, 0.29) is 13.0 Å². The van der Waals surface area contributed by atoms with Crippen LogP contribution < -0.4 is 0 Å². The highest BCUT2D eigenvalue weighted by molar-refractivity contribution is 7.47. The molecule has 1 aliphatic carbocycles. The van der Waals surface area contributed by atoms with E-state index in [1.54, 1.807) is 0 Å². The molecule has 1 fully saturated rings. The number of allylic oxidation sites excluding steroid dienone is 12. The Balaban J connectivity index is 2.36. The van der Waals surface area contributed by atoms with Gasteiger partial charge in [-0.3, -0.25) is 13.8 Å². The van der Waals surface area contributed by atoms with E-state index in [1.165, 1.54) is 51.4 Å². The van der Waals surface area contributed by atoms with Crippen molar-refractivity contribution >= 4 is 13.8 Å². The molecule has 0 heterocycles. The molecule has 0 aromatic carbocycles. The molecule has 0 aromatic heterocycles. The van der Waals surface area contributed by atoms with Crippen LogP contribution in [0.4, 0.5) is 0 Å². The first-order valence-corrected chi connectivity index (χ1v) is 26.3. The van der Waals surface area contributed by atoms with Gasteiger partial charge in [0.2, 0.25) is 0 Å². The zero-order chi connectivity index (χ0) is 46.9. The number of carbonyl (C=O) groups excluding carboxylic acids is 1. The molecule has 1 aliphatic rings. The van der Waals surface area contributed by atoms with Gasteiger partial charge in [0.05, 0.1) is 13.2 Å². The van der Waals surface area contributed by atoms with Gasteiger partial charge >= 0.3 is 13.8 Å². The molecule has 0 aliphatic heterocycles. The van der Waals surface area contributed by atoms with Gasteiger partial charge in [-0.1, -0.05) is 164 Å². The summed E-state index contributed by atoms with van der Waals surface area (Å²) >= 11 is 0. The first-order chi connectivity index (χ1) is 31.0. The number of phosphoric ester groups is 1. The van der Waals surface area contributed by atoms with Crippen molar-refractivity contribution in [3.05, 3.63) is 72.9 Å². The van der Waals surface area contributed by atoms with Gasteiger partial charge in [0.25, 0.3) is 0 Å². The van der Waals surface area contributed by atoms with Gasteiger partial charge in [0.1, 0.15) is 42.7 Å². The third-order valence-corrected chi connectivity index (χ3v) is 12.0. The smallest absolute Gasteiger partial charge is 0.457 e. The van der Waals surface area contributed by atoms with Crippen LogP contribution in [0.5, 0.6) is 0 Å². The predicted octanol–water partition coefficient (Wildman–Crippen LogP) is 10.8. The number of unbranched alkanes of at least 4 members (excludes halogenated alkanes) is 17. The van der Waals surface area contributed by atoms with E-state index in [0.717, 1.165) is 103 Å². The Morgan fingerprint density at radius 2 is 0.922 bits per heavy atom. The average molecular weight is 925 g/mol. The number of hydrogen-bond donors (Lipinski definition) is 6. The lowest BCUT2D eigenvalue weighted by atomic mass is 9.85. The number of rotatable bonds is 41. The third kappa shape index (κ3) is 32.5. The van der Waals surface area contributed by atoms with Crippen LogP contribution in [-0.4, -0.2) is 98.9 Å². The maximum absolute atomic E-state index is 12.8. The Morgan fingerprint density at radius 3 is 1.41 bits per heavy atom. The van der Waals surface area contributed by atoms with Crippen LogP contribution in [0.2, 0.25) is 0 Å². The highest BCUT2D eigenvalue weighted by Crippen LogP contribution is 2.47. The Labute approximate surface area is 387 Å². The van der Waals surface area contributed by atoms with E-state index in [9.17, 15) is 39.8 Å². The van der Waals surface area contributed by atoms with Crippen molar-refractivity contribution in [2.45, 2.75) is 224 Å². The largest absolute Gasteiger partial charge is 0.472 e. The van der Waals surface area contributed by atoms with Crippen LogP contribution in [0.25, 0.3) is 0 Å². The Kier molecular flexibility index (Phi) is 38.3. The van der Waals surface area contributed by atoms with Gasteiger partial charge < -0.3 is 39.9 Å². The zero-order valence-electron chi connectivity index (χ0n) is 39.6. The molecule has 0 radical (unpaired) electrons. The molecular formula is C51H89O12P. The van der Waals surface area contributed by atoms with Crippen LogP contribution in [0, 0.1) is 0 Å². The summed E-state index contributed by atoms with van der Waals surface area (Å²) in [6.07, 6.45) is 41.1. The van der Waals surface area contributed by atoms with E-state index < -0.39 is 63.1 Å². The lowest BCUT2D eigenvalue weighted by molar-refractivity contribution is -0.220. The standard InChI is InChI=1S/C51H89O12P/c1-3-5-7-9-11-13-15-17-19-20-21-22-23-24-25-27-29-31-33-35-37-39-41-60-42-44(43-61-64(58,59)63-51-49(56)47(54)46(53)48(55)50(51)57)62-45(52)40-38-36-34-32-30-28-26-18-16-14-12-10-8-6-4-2/h5,7,11-14,17-19,21-22,26,44,46-51,53-57H,3-4,6,8-10,15-16,20,23-25,27-43H2,1-2H3,(H,58,59)/b7-5-,13-11-,14-12-,19-17-,22-21-,26-18-. The van der Waals surface area contributed by atoms with Gasteiger partial charge in [-0.2, -0.15) is 0 Å². The monoisotopic (exact) mass is 925 g/mol. The fourth-order valence-corrected chi connectivity index (χ4v) is 8.11. The number of hydrogen-bond acceptors (Lipinski definition) is 11. The molecule has 0 saturated heterocycles. The molecule has 0 aromatic rings. The third-order valence-electron chi connectivity index (χ3n) is 11.1. The fourth-order valence-electron chi connectivity index (χ4n) is 7.14. The second kappa shape index (κ2) is 41.0. The summed E-state index contributed by atoms with van der Waals surface area (Å²) in [5.41, 5.74) is 0. The number of ether oxygens (including phenoxy) is 2. The summed E-state index contributed by atoms with van der Waals surface area (Å²) in [5, 5.41) is 50.3. The van der Waals surface area contributed by atoms with Crippen LogP contribution >= 0.6 is 7.82 Å². The van der Waals surface area contributed by atoms with Crippen LogP contribution in [0.3, 0.4) is 0 Å². The SMILES string of the molecule is CC/C=C\C/C=C\C/C=C\C/C=C\CCCCCCCCCCCOCC(COP(=O)(O)OC1C(O)C(O)C(O)C(O)C1O)OC(=O)CCCCCCC/C=C\C/C=C\CCCCC. The van der Waals surface area contributed by atoms with E-state index >= 15 is 0 Å². The van der Waals surface area contributed by atoms with E-state index in [2.05, 4.69) is 86.8 Å². The van der Waals surface area contributed by atoms with Crippen molar-refractivity contribution in [2.24, 2.45) is 0 Å². The number of phosphoric acid groups is 1. The molecule has 6 N–H and O–H groups in total. The topological polar surface area (TPSA) is 192 Å². The molecule has 370 valence electrons. The molecule has 12 nitrogen and oxygen atoms in total. The molecule has 6 unspecified atom stereocenters. The maximum Gasteiger partial charge on any atom is 0.472 e.